The molecule has 0 spiro atoms. The Labute approximate surface area is 165 Å². The highest BCUT2D eigenvalue weighted by Crippen LogP contribution is 2.26. The van der Waals surface area contributed by atoms with Crippen LogP contribution in [0.1, 0.15) is 10.5 Å². The Balaban J connectivity index is 1.94. The van der Waals surface area contributed by atoms with Crippen LogP contribution in [0.2, 0.25) is 25.7 Å². The smallest absolute Gasteiger partial charge is 0.359 e. The third-order valence-electron chi connectivity index (χ3n) is 4.41. The molecule has 2 heterocycles. The van der Waals surface area contributed by atoms with Crippen LogP contribution in [-0.2, 0) is 16.2 Å². The fraction of sp³-hybridized carbons (Fsp3) is 0.350. The lowest BCUT2D eigenvalue weighted by Gasteiger charge is -2.15. The number of esters is 1. The molecule has 3 aromatic rings. The molecule has 0 fully saturated rings. The zero-order chi connectivity index (χ0) is 20.3. The molecule has 8 heteroatoms. The summed E-state index contributed by atoms with van der Waals surface area (Å²) in [6.45, 7) is 7.83. The van der Waals surface area contributed by atoms with Crippen molar-refractivity contribution in [2.45, 2.75) is 32.4 Å². The van der Waals surface area contributed by atoms with Gasteiger partial charge in [0.05, 0.1) is 24.5 Å². The van der Waals surface area contributed by atoms with Crippen molar-refractivity contribution in [3.8, 4) is 11.3 Å². The molecular formula is C20H26N4O3Si. The van der Waals surface area contributed by atoms with Crippen LogP contribution in [0.5, 0.6) is 0 Å². The SMILES string of the molecule is COC(=O)c1nn(COCC[Si](C)(C)C)c2cnc(-c3cccc(N)c3)cc12. The number of nitrogen functional groups attached to an aromatic ring is 1. The van der Waals surface area contributed by atoms with Gasteiger partial charge >= 0.3 is 5.97 Å². The van der Waals surface area contributed by atoms with Gasteiger partial charge in [-0.05, 0) is 24.2 Å². The van der Waals surface area contributed by atoms with Crippen LogP contribution in [0.4, 0.5) is 5.69 Å². The summed E-state index contributed by atoms with van der Waals surface area (Å²) in [5.41, 5.74) is 9.09. The quantitative estimate of drug-likeness (QED) is 0.282. The van der Waals surface area contributed by atoms with E-state index in [9.17, 15) is 4.79 Å². The van der Waals surface area contributed by atoms with E-state index in [1.54, 1.807) is 10.9 Å². The lowest BCUT2D eigenvalue weighted by Crippen LogP contribution is -2.22. The van der Waals surface area contributed by atoms with E-state index >= 15 is 0 Å². The highest BCUT2D eigenvalue weighted by Gasteiger charge is 2.19. The molecule has 0 amide bonds. The zero-order valence-electron chi connectivity index (χ0n) is 16.7. The summed E-state index contributed by atoms with van der Waals surface area (Å²) < 4.78 is 12.4. The molecule has 0 saturated heterocycles. The number of methoxy groups -OCH3 is 1. The van der Waals surface area contributed by atoms with Crippen molar-refractivity contribution in [2.75, 3.05) is 19.5 Å². The summed E-state index contributed by atoms with van der Waals surface area (Å²) in [7, 11) is 0.176. The second kappa shape index (κ2) is 8.11. The molecule has 0 aliphatic heterocycles. The molecule has 148 valence electrons. The first kappa shape index (κ1) is 20.0. The number of rotatable bonds is 7. The zero-order valence-corrected chi connectivity index (χ0v) is 17.7. The summed E-state index contributed by atoms with van der Waals surface area (Å²) in [6, 6.07) is 10.4. The van der Waals surface area contributed by atoms with Crippen LogP contribution in [0.25, 0.3) is 22.2 Å². The number of hydrogen-bond donors (Lipinski definition) is 1. The van der Waals surface area contributed by atoms with Crippen molar-refractivity contribution >= 4 is 30.6 Å². The Bertz CT molecular complexity index is 995. The van der Waals surface area contributed by atoms with Gasteiger partial charge in [-0.3, -0.25) is 4.98 Å². The number of nitrogens with zero attached hydrogens (tertiary/aromatic N) is 3. The standard InChI is InChI=1S/C20H26N4O3Si/c1-26-20(25)19-16-11-17(14-6-5-7-15(21)10-14)22-12-18(16)24(23-19)13-27-8-9-28(2,3)4/h5-7,10-12H,8-9,13,21H2,1-4H3. The molecule has 0 bridgehead atoms. The Hall–Kier alpha value is -2.71. The number of carbonyl (C=O) groups is 1. The minimum absolute atomic E-state index is 0.249. The van der Waals surface area contributed by atoms with Gasteiger partial charge in [-0.2, -0.15) is 5.10 Å². The number of ether oxygens (including phenoxy) is 2. The third kappa shape index (κ3) is 4.57. The number of nitrogens with two attached hydrogens (primary N) is 1. The maximum atomic E-state index is 12.2. The van der Waals surface area contributed by atoms with Gasteiger partial charge in [-0.15, -0.1) is 0 Å². The van der Waals surface area contributed by atoms with Gasteiger partial charge in [0.25, 0.3) is 0 Å². The average Bonchev–Trinajstić information content (AvgIpc) is 3.02. The summed E-state index contributed by atoms with van der Waals surface area (Å²) in [6.07, 6.45) is 1.70. The predicted octanol–water partition coefficient (Wildman–Crippen LogP) is 3.78. The van der Waals surface area contributed by atoms with Crippen molar-refractivity contribution in [1.29, 1.82) is 0 Å². The molecule has 2 aromatic heterocycles. The van der Waals surface area contributed by atoms with Crippen molar-refractivity contribution in [1.82, 2.24) is 14.8 Å². The minimum Gasteiger partial charge on any atom is -0.464 e. The van der Waals surface area contributed by atoms with E-state index in [4.69, 9.17) is 15.2 Å². The van der Waals surface area contributed by atoms with Crippen molar-refractivity contribution in [3.63, 3.8) is 0 Å². The summed E-state index contributed by atoms with van der Waals surface area (Å²) in [5, 5.41) is 5.08. The number of benzene rings is 1. The number of aromatic nitrogens is 3. The maximum absolute atomic E-state index is 12.2. The number of fused-ring (bicyclic) bond motifs is 1. The molecule has 0 saturated carbocycles. The van der Waals surface area contributed by atoms with Gasteiger partial charge in [-0.25, -0.2) is 9.48 Å². The molecule has 0 aliphatic rings. The molecular weight excluding hydrogens is 372 g/mol. The van der Waals surface area contributed by atoms with E-state index < -0.39 is 14.0 Å². The van der Waals surface area contributed by atoms with Crippen LogP contribution in [-0.4, -0.2) is 42.5 Å². The van der Waals surface area contributed by atoms with E-state index in [1.165, 1.54) is 7.11 Å². The first-order chi connectivity index (χ1) is 13.3. The average molecular weight is 399 g/mol. The van der Waals surface area contributed by atoms with Crippen molar-refractivity contribution in [2.24, 2.45) is 0 Å². The molecule has 3 rings (SSSR count). The fourth-order valence-electron chi connectivity index (χ4n) is 2.80. The Kier molecular flexibility index (Phi) is 5.81. The number of anilines is 1. The van der Waals surface area contributed by atoms with Gasteiger partial charge in [0.2, 0.25) is 0 Å². The van der Waals surface area contributed by atoms with Crippen molar-refractivity contribution in [3.05, 3.63) is 42.2 Å². The van der Waals surface area contributed by atoms with E-state index in [0.717, 1.165) is 17.1 Å². The van der Waals surface area contributed by atoms with Crippen LogP contribution < -0.4 is 5.73 Å². The van der Waals surface area contributed by atoms with Crippen molar-refractivity contribution < 1.29 is 14.3 Å². The molecule has 7 nitrogen and oxygen atoms in total. The van der Waals surface area contributed by atoms with Crippen LogP contribution in [0.15, 0.2) is 36.5 Å². The van der Waals surface area contributed by atoms with Crippen LogP contribution in [0, 0.1) is 0 Å². The minimum atomic E-state index is -1.17. The van der Waals surface area contributed by atoms with Gasteiger partial charge in [0.15, 0.2) is 5.69 Å². The molecule has 2 N–H and O–H groups in total. The van der Waals surface area contributed by atoms with Gasteiger partial charge in [0.1, 0.15) is 6.73 Å². The topological polar surface area (TPSA) is 92.3 Å². The van der Waals surface area contributed by atoms with Crippen LogP contribution >= 0.6 is 0 Å². The van der Waals surface area contributed by atoms with E-state index in [2.05, 4.69) is 29.7 Å². The lowest BCUT2D eigenvalue weighted by atomic mass is 10.1. The predicted molar refractivity (Wildman–Crippen MR) is 113 cm³/mol. The van der Waals surface area contributed by atoms with E-state index in [1.807, 2.05) is 30.3 Å². The summed E-state index contributed by atoms with van der Waals surface area (Å²) in [5.74, 6) is -0.490. The monoisotopic (exact) mass is 398 g/mol. The summed E-state index contributed by atoms with van der Waals surface area (Å²) in [4.78, 5) is 16.8. The Morgan fingerprint density at radius 3 is 2.71 bits per heavy atom. The van der Waals surface area contributed by atoms with E-state index in [-0.39, 0.29) is 12.4 Å². The molecule has 0 unspecified atom stereocenters. The Morgan fingerprint density at radius 1 is 1.25 bits per heavy atom. The molecule has 0 aliphatic carbocycles. The van der Waals surface area contributed by atoms with Gasteiger partial charge in [-0.1, -0.05) is 31.8 Å². The van der Waals surface area contributed by atoms with E-state index in [0.29, 0.717) is 23.4 Å². The summed E-state index contributed by atoms with van der Waals surface area (Å²) >= 11 is 0. The maximum Gasteiger partial charge on any atom is 0.359 e. The second-order valence-corrected chi connectivity index (χ2v) is 13.5. The lowest BCUT2D eigenvalue weighted by molar-refractivity contribution is 0.0585. The Morgan fingerprint density at radius 2 is 2.04 bits per heavy atom. The number of hydrogen-bond acceptors (Lipinski definition) is 6. The first-order valence-electron chi connectivity index (χ1n) is 9.17. The largest absolute Gasteiger partial charge is 0.464 e. The highest BCUT2D eigenvalue weighted by molar-refractivity contribution is 6.76. The van der Waals surface area contributed by atoms with Gasteiger partial charge < -0.3 is 15.2 Å². The highest BCUT2D eigenvalue weighted by atomic mass is 28.3. The molecule has 1 aromatic carbocycles. The first-order valence-corrected chi connectivity index (χ1v) is 12.9. The molecule has 28 heavy (non-hydrogen) atoms. The second-order valence-electron chi connectivity index (χ2n) is 7.90. The third-order valence-corrected chi connectivity index (χ3v) is 6.11. The number of pyridine rings is 1. The fourth-order valence-corrected chi connectivity index (χ4v) is 3.56. The van der Waals surface area contributed by atoms with Gasteiger partial charge in [0, 0.05) is 31.3 Å². The molecule has 0 radical (unpaired) electrons. The normalized spacial score (nSPS) is 11.7. The molecule has 0 atom stereocenters. The number of carbonyl (C=O) groups excluding carboxylic acids is 1. The van der Waals surface area contributed by atoms with Crippen LogP contribution in [0.3, 0.4) is 0 Å².